The van der Waals surface area contributed by atoms with Crippen LogP contribution in [-0.2, 0) is 17.7 Å². The molecule has 0 spiro atoms. The van der Waals surface area contributed by atoms with Gasteiger partial charge < -0.3 is 15.4 Å². The highest BCUT2D eigenvalue weighted by molar-refractivity contribution is 5.61. The number of ether oxygens (including phenoxy) is 1. The van der Waals surface area contributed by atoms with Gasteiger partial charge in [-0.2, -0.15) is 0 Å². The van der Waals surface area contributed by atoms with Gasteiger partial charge in [-0.05, 0) is 24.0 Å². The molecule has 0 saturated carbocycles. The van der Waals surface area contributed by atoms with E-state index in [-0.39, 0.29) is 0 Å². The summed E-state index contributed by atoms with van der Waals surface area (Å²) in [5.41, 5.74) is 4.16. The highest BCUT2D eigenvalue weighted by Crippen LogP contribution is 2.26. The summed E-state index contributed by atoms with van der Waals surface area (Å²) in [6, 6.07) is 7.01. The molecule has 3 heteroatoms. The third-order valence-corrected chi connectivity index (χ3v) is 3.37. The fraction of sp³-hybridized carbons (Fsp3) is 0.571. The minimum Gasteiger partial charge on any atom is -0.384 e. The summed E-state index contributed by atoms with van der Waals surface area (Å²) >= 11 is 0. The van der Waals surface area contributed by atoms with Gasteiger partial charge in [0.25, 0.3) is 0 Å². The van der Waals surface area contributed by atoms with Crippen molar-refractivity contribution in [3.05, 3.63) is 29.3 Å². The molecule has 1 unspecified atom stereocenters. The Hall–Kier alpha value is -1.06. The van der Waals surface area contributed by atoms with E-state index in [4.69, 9.17) is 4.74 Å². The number of methoxy groups -OCH3 is 1. The van der Waals surface area contributed by atoms with Gasteiger partial charge in [-0.15, -0.1) is 0 Å². The molecule has 2 rings (SSSR count). The largest absolute Gasteiger partial charge is 0.384 e. The van der Waals surface area contributed by atoms with Crippen molar-refractivity contribution < 1.29 is 4.74 Å². The molecule has 1 aliphatic rings. The molecule has 17 heavy (non-hydrogen) atoms. The molecule has 94 valence electrons. The standard InChI is InChI=1S/C14H22N2O/c1-3-13(10-17-2)16-9-12-6-4-5-11-7-8-15-14(11)12/h4-6,13,15-16H,3,7-10H2,1-2H3. The minimum absolute atomic E-state index is 0.442. The van der Waals surface area contributed by atoms with Gasteiger partial charge in [0.1, 0.15) is 0 Å². The second-order valence-corrected chi connectivity index (χ2v) is 4.57. The molecule has 0 radical (unpaired) electrons. The van der Waals surface area contributed by atoms with E-state index in [1.165, 1.54) is 16.8 Å². The first-order chi connectivity index (χ1) is 8.35. The first kappa shape index (κ1) is 12.4. The molecular weight excluding hydrogens is 212 g/mol. The Bertz CT molecular complexity index is 365. The number of rotatable bonds is 6. The van der Waals surface area contributed by atoms with Crippen LogP contribution < -0.4 is 10.6 Å². The SMILES string of the molecule is CCC(COC)NCc1cccc2c1NCC2. The maximum atomic E-state index is 5.20. The summed E-state index contributed by atoms with van der Waals surface area (Å²) in [5.74, 6) is 0. The van der Waals surface area contributed by atoms with E-state index in [0.29, 0.717) is 6.04 Å². The summed E-state index contributed by atoms with van der Waals surface area (Å²) in [6.45, 7) is 4.95. The van der Waals surface area contributed by atoms with Crippen LogP contribution in [0.25, 0.3) is 0 Å². The molecule has 0 aliphatic carbocycles. The second kappa shape index (κ2) is 6.03. The van der Waals surface area contributed by atoms with E-state index in [9.17, 15) is 0 Å². The van der Waals surface area contributed by atoms with Crippen LogP contribution >= 0.6 is 0 Å². The molecule has 0 bridgehead atoms. The molecule has 1 aromatic carbocycles. The van der Waals surface area contributed by atoms with Gasteiger partial charge in [0.2, 0.25) is 0 Å². The van der Waals surface area contributed by atoms with E-state index < -0.39 is 0 Å². The van der Waals surface area contributed by atoms with Crippen molar-refractivity contribution in [2.45, 2.75) is 32.4 Å². The summed E-state index contributed by atoms with van der Waals surface area (Å²) in [4.78, 5) is 0. The molecular formula is C14H22N2O. The number of para-hydroxylation sites is 1. The topological polar surface area (TPSA) is 33.3 Å². The maximum absolute atomic E-state index is 5.20. The van der Waals surface area contributed by atoms with Crippen molar-refractivity contribution in [1.29, 1.82) is 0 Å². The Labute approximate surface area is 104 Å². The minimum atomic E-state index is 0.442. The van der Waals surface area contributed by atoms with Gasteiger partial charge in [0.05, 0.1) is 6.61 Å². The number of benzene rings is 1. The van der Waals surface area contributed by atoms with Crippen molar-refractivity contribution in [1.82, 2.24) is 5.32 Å². The highest BCUT2D eigenvalue weighted by atomic mass is 16.5. The number of hydrogen-bond acceptors (Lipinski definition) is 3. The van der Waals surface area contributed by atoms with Crippen LogP contribution in [-0.4, -0.2) is 26.3 Å². The number of fused-ring (bicyclic) bond motifs is 1. The summed E-state index contributed by atoms with van der Waals surface area (Å²) in [5, 5.41) is 7.02. The first-order valence-corrected chi connectivity index (χ1v) is 6.42. The Kier molecular flexibility index (Phi) is 4.40. The fourth-order valence-corrected chi connectivity index (χ4v) is 2.33. The van der Waals surface area contributed by atoms with E-state index in [2.05, 4.69) is 35.8 Å². The van der Waals surface area contributed by atoms with Crippen LogP contribution in [0.2, 0.25) is 0 Å². The average Bonchev–Trinajstić information content (AvgIpc) is 2.83. The van der Waals surface area contributed by atoms with E-state index in [1.807, 2.05) is 0 Å². The van der Waals surface area contributed by atoms with Crippen LogP contribution in [0.3, 0.4) is 0 Å². The van der Waals surface area contributed by atoms with Crippen LogP contribution in [0.1, 0.15) is 24.5 Å². The van der Waals surface area contributed by atoms with E-state index >= 15 is 0 Å². The molecule has 2 N–H and O–H groups in total. The monoisotopic (exact) mass is 234 g/mol. The molecule has 1 aromatic rings. The fourth-order valence-electron chi connectivity index (χ4n) is 2.33. The smallest absolute Gasteiger partial charge is 0.0615 e. The highest BCUT2D eigenvalue weighted by Gasteiger charge is 2.14. The van der Waals surface area contributed by atoms with Crippen LogP contribution in [0.5, 0.6) is 0 Å². The second-order valence-electron chi connectivity index (χ2n) is 4.57. The van der Waals surface area contributed by atoms with Crippen molar-refractivity contribution in [2.24, 2.45) is 0 Å². The van der Waals surface area contributed by atoms with Crippen molar-refractivity contribution in [2.75, 3.05) is 25.6 Å². The van der Waals surface area contributed by atoms with Gasteiger partial charge in [0.15, 0.2) is 0 Å². The third-order valence-electron chi connectivity index (χ3n) is 3.37. The molecule has 1 atom stereocenters. The number of nitrogens with one attached hydrogen (secondary N) is 2. The van der Waals surface area contributed by atoms with Crippen LogP contribution in [0.15, 0.2) is 18.2 Å². The zero-order valence-electron chi connectivity index (χ0n) is 10.8. The lowest BCUT2D eigenvalue weighted by molar-refractivity contribution is 0.164. The quantitative estimate of drug-likeness (QED) is 0.791. The molecule has 3 nitrogen and oxygen atoms in total. The van der Waals surface area contributed by atoms with E-state index in [0.717, 1.165) is 32.5 Å². The Balaban J connectivity index is 1.97. The van der Waals surface area contributed by atoms with Gasteiger partial charge in [0, 0.05) is 31.9 Å². The first-order valence-electron chi connectivity index (χ1n) is 6.42. The Morgan fingerprint density at radius 1 is 1.47 bits per heavy atom. The zero-order valence-corrected chi connectivity index (χ0v) is 10.8. The van der Waals surface area contributed by atoms with E-state index in [1.54, 1.807) is 7.11 Å². The predicted molar refractivity (Wildman–Crippen MR) is 71.4 cm³/mol. The van der Waals surface area contributed by atoms with Gasteiger partial charge in [-0.1, -0.05) is 25.1 Å². The zero-order chi connectivity index (χ0) is 12.1. The molecule has 0 amide bonds. The third kappa shape index (κ3) is 2.99. The summed E-state index contributed by atoms with van der Waals surface area (Å²) in [7, 11) is 1.76. The Morgan fingerprint density at radius 3 is 3.12 bits per heavy atom. The summed E-state index contributed by atoms with van der Waals surface area (Å²) in [6.07, 6.45) is 2.24. The van der Waals surface area contributed by atoms with Gasteiger partial charge >= 0.3 is 0 Å². The summed E-state index contributed by atoms with van der Waals surface area (Å²) < 4.78 is 5.20. The molecule has 1 heterocycles. The van der Waals surface area contributed by atoms with Crippen LogP contribution in [0, 0.1) is 0 Å². The van der Waals surface area contributed by atoms with Crippen LogP contribution in [0.4, 0.5) is 5.69 Å². The lowest BCUT2D eigenvalue weighted by atomic mass is 10.1. The van der Waals surface area contributed by atoms with Crippen molar-refractivity contribution >= 4 is 5.69 Å². The van der Waals surface area contributed by atoms with Crippen molar-refractivity contribution in [3.8, 4) is 0 Å². The molecule has 0 saturated heterocycles. The predicted octanol–water partition coefficient (Wildman–Crippen LogP) is 2.17. The molecule has 0 aromatic heterocycles. The number of anilines is 1. The lowest BCUT2D eigenvalue weighted by Crippen LogP contribution is -2.32. The molecule has 0 fully saturated rings. The lowest BCUT2D eigenvalue weighted by Gasteiger charge is -2.17. The Morgan fingerprint density at radius 2 is 2.35 bits per heavy atom. The van der Waals surface area contributed by atoms with Crippen molar-refractivity contribution in [3.63, 3.8) is 0 Å². The normalized spacial score (nSPS) is 15.4. The average molecular weight is 234 g/mol. The van der Waals surface area contributed by atoms with Gasteiger partial charge in [-0.3, -0.25) is 0 Å². The number of hydrogen-bond donors (Lipinski definition) is 2. The van der Waals surface area contributed by atoms with Gasteiger partial charge in [-0.25, -0.2) is 0 Å². The molecule has 1 aliphatic heterocycles. The maximum Gasteiger partial charge on any atom is 0.0615 e.